The Labute approximate surface area is 334 Å². The van der Waals surface area contributed by atoms with Gasteiger partial charge in [0, 0.05) is 37.3 Å². The molecule has 1 heterocycles. The number of aliphatic hydroxyl groups excluding tert-OH is 1. The van der Waals surface area contributed by atoms with Gasteiger partial charge >= 0.3 is 0 Å². The standard InChI is InChI=1S/C19H21NO3.C8H17N.C7H9N.C6H12O2.2CH3NO.CH2O/c1-4-14(2)18-10-9-17(11-19(18)23-13-21)22-12-15-5-7-16(20-3)8-6-15;1-2-6-9-7-4-3-5-8-9;8-6-7-4-2-1-3-5-7;1-5(2)6(8)3-4-7;2*2-1-3;1-2/h4-11,13,20H,12H2,1-3H3;2-8H2,1H3;1-5H,6,8H2;4-6,8H,3H2,1-2H3;2*1H,(H2,2,3);1H2/b14-4-;;;;;;. The number of piperidine rings is 1. The molecule has 0 bridgehead atoms. The molecule has 13 nitrogen and oxygen atoms in total. The van der Waals surface area contributed by atoms with E-state index in [0.29, 0.717) is 31.1 Å². The highest BCUT2D eigenvalue weighted by Gasteiger charge is 2.09. The minimum absolute atomic E-state index is 0.195. The molecule has 0 aromatic heterocycles. The molecule has 0 aliphatic carbocycles. The third-order valence-electron chi connectivity index (χ3n) is 7.81. The van der Waals surface area contributed by atoms with E-state index >= 15 is 0 Å². The first-order chi connectivity index (χ1) is 27.0. The van der Waals surface area contributed by atoms with E-state index in [1.165, 1.54) is 50.9 Å². The van der Waals surface area contributed by atoms with E-state index in [-0.39, 0.29) is 25.2 Å². The molecule has 8 N–H and O–H groups in total. The average molecular weight is 782 g/mol. The summed E-state index contributed by atoms with van der Waals surface area (Å²) in [6.45, 7) is 17.5. The number of allylic oxidation sites excluding steroid dienone is 2. The summed E-state index contributed by atoms with van der Waals surface area (Å²) in [5.74, 6) is 1.35. The van der Waals surface area contributed by atoms with Gasteiger partial charge in [-0.05, 0) is 99.6 Å². The van der Waals surface area contributed by atoms with Crippen LogP contribution in [0.3, 0.4) is 0 Å². The van der Waals surface area contributed by atoms with Gasteiger partial charge in [0.1, 0.15) is 31.2 Å². The molecule has 4 rings (SSSR count). The smallest absolute Gasteiger partial charge is 0.298 e. The lowest BCUT2D eigenvalue weighted by molar-refractivity contribution is -0.120. The summed E-state index contributed by atoms with van der Waals surface area (Å²) in [4.78, 5) is 48.2. The number of amides is 2. The number of carbonyl (C=O) groups excluding carboxylic acids is 5. The molecule has 0 saturated carbocycles. The quantitative estimate of drug-likeness (QED) is 0.129. The van der Waals surface area contributed by atoms with E-state index in [4.69, 9.17) is 34.7 Å². The minimum Gasteiger partial charge on any atom is -0.489 e. The highest BCUT2D eigenvalue weighted by atomic mass is 16.5. The molecule has 2 amide bonds. The van der Waals surface area contributed by atoms with Crippen molar-refractivity contribution < 1.29 is 38.6 Å². The monoisotopic (exact) mass is 781 g/mol. The van der Waals surface area contributed by atoms with Crippen molar-refractivity contribution in [3.05, 3.63) is 95.6 Å². The largest absolute Gasteiger partial charge is 0.489 e. The highest BCUT2D eigenvalue weighted by Crippen LogP contribution is 2.30. The first-order valence-electron chi connectivity index (χ1n) is 18.5. The maximum atomic E-state index is 10.7. The first-order valence-corrected chi connectivity index (χ1v) is 18.5. The van der Waals surface area contributed by atoms with Gasteiger partial charge in [0.05, 0.1) is 6.10 Å². The Bertz CT molecular complexity index is 1410. The van der Waals surface area contributed by atoms with Gasteiger partial charge in [-0.15, -0.1) is 0 Å². The number of ether oxygens (including phenoxy) is 2. The van der Waals surface area contributed by atoms with Crippen LogP contribution in [0.4, 0.5) is 5.69 Å². The Morgan fingerprint density at radius 3 is 1.89 bits per heavy atom. The van der Waals surface area contributed by atoms with Gasteiger partial charge in [0.15, 0.2) is 0 Å². The lowest BCUT2D eigenvalue weighted by Crippen LogP contribution is -2.30. The van der Waals surface area contributed by atoms with Crippen LogP contribution in [0.5, 0.6) is 11.5 Å². The van der Waals surface area contributed by atoms with Crippen molar-refractivity contribution in [1.29, 1.82) is 0 Å². The predicted molar refractivity (Wildman–Crippen MR) is 227 cm³/mol. The Kier molecular flexibility index (Phi) is 38.6. The number of aldehydes is 1. The number of nitrogens with one attached hydrogen (secondary N) is 1. The van der Waals surface area contributed by atoms with Crippen LogP contribution in [0, 0.1) is 5.92 Å². The number of primary amides is 2. The van der Waals surface area contributed by atoms with E-state index in [9.17, 15) is 9.59 Å². The highest BCUT2D eigenvalue weighted by molar-refractivity contribution is 5.71. The number of aliphatic hydroxyl groups is 1. The van der Waals surface area contributed by atoms with Crippen molar-refractivity contribution in [2.24, 2.45) is 23.1 Å². The third kappa shape index (κ3) is 29.0. The van der Waals surface area contributed by atoms with Gasteiger partial charge in [0.25, 0.3) is 6.47 Å². The molecule has 312 valence electrons. The first kappa shape index (κ1) is 55.0. The maximum absolute atomic E-state index is 10.7. The molecule has 3 aromatic rings. The Morgan fingerprint density at radius 2 is 1.48 bits per heavy atom. The van der Waals surface area contributed by atoms with E-state index in [1.807, 2.05) is 114 Å². The number of anilines is 1. The van der Waals surface area contributed by atoms with Crippen LogP contribution in [0.1, 0.15) is 83.4 Å². The topological polar surface area (TPSA) is 217 Å². The van der Waals surface area contributed by atoms with Crippen molar-refractivity contribution in [1.82, 2.24) is 4.90 Å². The summed E-state index contributed by atoms with van der Waals surface area (Å²) >= 11 is 0. The molecular weight excluding hydrogens is 714 g/mol. The number of hydrogen-bond acceptors (Lipinski definition) is 11. The Morgan fingerprint density at radius 1 is 0.911 bits per heavy atom. The summed E-state index contributed by atoms with van der Waals surface area (Å²) in [6, 6.07) is 23.5. The minimum atomic E-state index is -0.451. The number of benzene rings is 3. The van der Waals surface area contributed by atoms with E-state index in [2.05, 4.69) is 28.6 Å². The zero-order valence-corrected chi connectivity index (χ0v) is 34.2. The van der Waals surface area contributed by atoms with Gasteiger partial charge in [-0.1, -0.05) is 75.7 Å². The summed E-state index contributed by atoms with van der Waals surface area (Å²) in [7, 11) is 1.88. The summed E-state index contributed by atoms with van der Waals surface area (Å²) in [5.41, 5.74) is 18.9. The van der Waals surface area contributed by atoms with Crippen molar-refractivity contribution in [2.75, 3.05) is 32.0 Å². The van der Waals surface area contributed by atoms with Gasteiger partial charge in [-0.2, -0.15) is 0 Å². The molecular formula is C43H67N5O8. The van der Waals surface area contributed by atoms with Crippen molar-refractivity contribution >= 4 is 43.6 Å². The molecule has 1 aliphatic rings. The van der Waals surface area contributed by atoms with Gasteiger partial charge in [-0.25, -0.2) is 0 Å². The summed E-state index contributed by atoms with van der Waals surface area (Å²) < 4.78 is 10.9. The lowest BCUT2D eigenvalue weighted by Gasteiger charge is -2.25. The number of likely N-dealkylation sites (tertiary alicyclic amines) is 1. The molecule has 3 aromatic carbocycles. The van der Waals surface area contributed by atoms with Crippen LogP contribution in [-0.2, 0) is 37.1 Å². The molecule has 1 saturated heterocycles. The number of nitrogens with zero attached hydrogens (tertiary/aromatic N) is 1. The van der Waals surface area contributed by atoms with Crippen LogP contribution < -0.4 is 32.0 Å². The average Bonchev–Trinajstić information content (AvgIpc) is 3.23. The van der Waals surface area contributed by atoms with Crippen molar-refractivity contribution in [3.8, 4) is 11.5 Å². The SMILES string of the molecule is C/C=C(/C)c1ccc(OCc2ccc(NC)cc2)cc1OC=O.C=O.CC(C)C(O)CC=O.CCCN1CCCCC1.NC=O.NC=O.NCc1ccccc1. The predicted octanol–water partition coefficient (Wildman–Crippen LogP) is 5.90. The lowest BCUT2D eigenvalue weighted by atomic mass is 10.1. The fraction of sp³-hybridized carbons (Fsp3) is 0.419. The number of rotatable bonds is 13. The number of carbonyl (C=O) groups is 5. The van der Waals surface area contributed by atoms with Crippen LogP contribution in [0.15, 0.2) is 78.9 Å². The van der Waals surface area contributed by atoms with Gasteiger partial charge in [0.2, 0.25) is 12.8 Å². The second-order valence-corrected chi connectivity index (χ2v) is 12.2. The molecule has 56 heavy (non-hydrogen) atoms. The zero-order valence-electron chi connectivity index (χ0n) is 34.2. The molecule has 1 fully saturated rings. The van der Waals surface area contributed by atoms with Gasteiger partial charge < -0.3 is 51.6 Å². The molecule has 1 aliphatic heterocycles. The summed E-state index contributed by atoms with van der Waals surface area (Å²) in [6.07, 6.45) is 8.66. The molecule has 1 atom stereocenters. The van der Waals surface area contributed by atoms with E-state index < -0.39 is 6.10 Å². The van der Waals surface area contributed by atoms with E-state index in [1.54, 1.807) is 6.07 Å². The number of hydrogen-bond donors (Lipinski definition) is 5. The Balaban J connectivity index is -0.000000702. The van der Waals surface area contributed by atoms with Crippen LogP contribution in [0.2, 0.25) is 0 Å². The normalized spacial score (nSPS) is 11.9. The second-order valence-electron chi connectivity index (χ2n) is 12.2. The fourth-order valence-corrected chi connectivity index (χ4v) is 4.64. The number of nitrogens with two attached hydrogens (primary N) is 3. The van der Waals surface area contributed by atoms with Crippen LogP contribution >= 0.6 is 0 Å². The van der Waals surface area contributed by atoms with Crippen LogP contribution in [-0.4, -0.2) is 75.2 Å². The van der Waals surface area contributed by atoms with Crippen LogP contribution in [0.25, 0.3) is 5.57 Å². The molecule has 0 spiro atoms. The maximum Gasteiger partial charge on any atom is 0.298 e. The van der Waals surface area contributed by atoms with Crippen molar-refractivity contribution in [2.45, 2.75) is 86.0 Å². The molecule has 13 heteroatoms. The fourth-order valence-electron chi connectivity index (χ4n) is 4.64. The zero-order chi connectivity index (χ0) is 43.0. The Hall–Kier alpha value is -5.37. The molecule has 1 unspecified atom stereocenters. The molecule has 0 radical (unpaired) electrons. The summed E-state index contributed by atoms with van der Waals surface area (Å²) in [5, 5.41) is 12.0. The second kappa shape index (κ2) is 39.3. The van der Waals surface area contributed by atoms with E-state index in [0.717, 1.165) is 28.7 Å². The third-order valence-corrected chi connectivity index (χ3v) is 7.81. The van der Waals surface area contributed by atoms with Crippen molar-refractivity contribution in [3.63, 3.8) is 0 Å². The van der Waals surface area contributed by atoms with Gasteiger partial charge in [-0.3, -0.25) is 14.4 Å².